The average molecular weight is 291 g/mol. The van der Waals surface area contributed by atoms with E-state index in [0.29, 0.717) is 37.9 Å². The van der Waals surface area contributed by atoms with Crippen molar-refractivity contribution in [3.05, 3.63) is 29.8 Å². The number of phenols is 1. The minimum Gasteiger partial charge on any atom is -0.508 e. The molecule has 5 nitrogen and oxygen atoms in total. The first-order chi connectivity index (χ1) is 9.98. The van der Waals surface area contributed by atoms with E-state index in [0.717, 1.165) is 6.42 Å². The quantitative estimate of drug-likeness (QED) is 0.893. The van der Waals surface area contributed by atoms with Gasteiger partial charge >= 0.3 is 5.97 Å². The van der Waals surface area contributed by atoms with Gasteiger partial charge < -0.3 is 15.1 Å². The molecule has 5 heteroatoms. The van der Waals surface area contributed by atoms with E-state index in [2.05, 4.69) is 0 Å². The van der Waals surface area contributed by atoms with Gasteiger partial charge in [0, 0.05) is 18.7 Å². The van der Waals surface area contributed by atoms with E-state index >= 15 is 0 Å². The van der Waals surface area contributed by atoms with Crippen LogP contribution in [0.5, 0.6) is 5.75 Å². The number of benzene rings is 1. The molecule has 1 aliphatic rings. The molecule has 0 radical (unpaired) electrons. The summed E-state index contributed by atoms with van der Waals surface area (Å²) in [5.41, 5.74) is -0.161. The molecule has 0 unspecified atom stereocenters. The van der Waals surface area contributed by atoms with Crippen LogP contribution in [0.2, 0.25) is 0 Å². The molecule has 1 saturated heterocycles. The van der Waals surface area contributed by atoms with Crippen molar-refractivity contribution in [2.75, 3.05) is 13.1 Å². The minimum absolute atomic E-state index is 0.106. The van der Waals surface area contributed by atoms with Gasteiger partial charge in [-0.2, -0.15) is 0 Å². The molecule has 1 aromatic carbocycles. The van der Waals surface area contributed by atoms with Crippen LogP contribution in [0, 0.1) is 5.41 Å². The van der Waals surface area contributed by atoms with Crippen molar-refractivity contribution >= 4 is 11.9 Å². The number of aliphatic carboxylic acids is 1. The lowest BCUT2D eigenvalue weighted by molar-refractivity contribution is -0.152. The topological polar surface area (TPSA) is 77.8 Å². The van der Waals surface area contributed by atoms with Crippen LogP contribution in [-0.2, 0) is 4.79 Å². The predicted molar refractivity (Wildman–Crippen MR) is 78.2 cm³/mol. The first-order valence-electron chi connectivity index (χ1n) is 7.30. The van der Waals surface area contributed by atoms with Crippen molar-refractivity contribution in [3.8, 4) is 5.75 Å². The summed E-state index contributed by atoms with van der Waals surface area (Å²) >= 11 is 0. The summed E-state index contributed by atoms with van der Waals surface area (Å²) < 4.78 is 0. The maximum atomic E-state index is 12.3. The molecule has 0 bridgehead atoms. The molecule has 0 aromatic heterocycles. The lowest BCUT2D eigenvalue weighted by atomic mass is 9.75. The van der Waals surface area contributed by atoms with Crippen molar-refractivity contribution in [2.45, 2.75) is 32.6 Å². The Labute approximate surface area is 124 Å². The fraction of sp³-hybridized carbons (Fsp3) is 0.500. The summed E-state index contributed by atoms with van der Waals surface area (Å²) in [5, 5.41) is 18.7. The second kappa shape index (κ2) is 6.16. The highest BCUT2D eigenvalue weighted by atomic mass is 16.4. The van der Waals surface area contributed by atoms with Gasteiger partial charge in [-0.3, -0.25) is 9.59 Å². The zero-order valence-electron chi connectivity index (χ0n) is 12.2. The monoisotopic (exact) mass is 291 g/mol. The molecule has 2 rings (SSSR count). The van der Waals surface area contributed by atoms with Gasteiger partial charge in [-0.05, 0) is 43.5 Å². The molecule has 1 fully saturated rings. The number of carboxylic acids is 1. The van der Waals surface area contributed by atoms with Crippen molar-refractivity contribution in [2.24, 2.45) is 5.41 Å². The number of aromatic hydroxyl groups is 1. The number of carbonyl (C=O) groups excluding carboxylic acids is 1. The number of phenolic OH excluding ortho intramolecular Hbond substituents is 1. The Hall–Kier alpha value is -2.04. The molecule has 0 saturated carbocycles. The van der Waals surface area contributed by atoms with Crippen LogP contribution in [0.4, 0.5) is 0 Å². The molecular formula is C16H21NO4. The molecule has 1 heterocycles. The van der Waals surface area contributed by atoms with Gasteiger partial charge in [0.05, 0.1) is 5.41 Å². The van der Waals surface area contributed by atoms with Crippen molar-refractivity contribution in [1.29, 1.82) is 0 Å². The molecule has 1 aliphatic heterocycles. The molecule has 1 aromatic rings. The largest absolute Gasteiger partial charge is 0.508 e. The average Bonchev–Trinajstić information content (AvgIpc) is 2.48. The van der Waals surface area contributed by atoms with Gasteiger partial charge in [-0.1, -0.05) is 13.3 Å². The Morgan fingerprint density at radius 3 is 2.24 bits per heavy atom. The molecular weight excluding hydrogens is 270 g/mol. The van der Waals surface area contributed by atoms with E-state index in [1.807, 2.05) is 6.92 Å². The number of piperidine rings is 1. The van der Waals surface area contributed by atoms with E-state index < -0.39 is 11.4 Å². The number of carbonyl (C=O) groups is 2. The summed E-state index contributed by atoms with van der Waals surface area (Å²) in [5.74, 6) is -0.732. The maximum Gasteiger partial charge on any atom is 0.309 e. The number of hydrogen-bond acceptors (Lipinski definition) is 3. The number of rotatable bonds is 4. The van der Waals surface area contributed by atoms with Crippen LogP contribution < -0.4 is 0 Å². The summed E-state index contributed by atoms with van der Waals surface area (Å²) in [4.78, 5) is 25.6. The number of likely N-dealkylation sites (tertiary alicyclic amines) is 1. The van der Waals surface area contributed by atoms with Gasteiger partial charge in [-0.25, -0.2) is 0 Å². The second-order valence-electron chi connectivity index (χ2n) is 5.67. The lowest BCUT2D eigenvalue weighted by Gasteiger charge is -2.38. The van der Waals surface area contributed by atoms with Gasteiger partial charge in [0.25, 0.3) is 5.91 Å². The Morgan fingerprint density at radius 2 is 1.76 bits per heavy atom. The lowest BCUT2D eigenvalue weighted by Crippen LogP contribution is -2.46. The first-order valence-corrected chi connectivity index (χ1v) is 7.30. The molecule has 1 amide bonds. The third-order valence-electron chi connectivity index (χ3n) is 4.30. The molecule has 21 heavy (non-hydrogen) atoms. The maximum absolute atomic E-state index is 12.3. The normalized spacial score (nSPS) is 17.5. The molecule has 0 aliphatic carbocycles. The fourth-order valence-electron chi connectivity index (χ4n) is 2.97. The highest BCUT2D eigenvalue weighted by molar-refractivity contribution is 5.94. The van der Waals surface area contributed by atoms with E-state index in [9.17, 15) is 19.8 Å². The Balaban J connectivity index is 2.04. The number of carboxylic acid groups (broad SMARTS) is 1. The van der Waals surface area contributed by atoms with Crippen molar-refractivity contribution in [3.63, 3.8) is 0 Å². The minimum atomic E-state index is -0.749. The van der Waals surface area contributed by atoms with E-state index in [1.54, 1.807) is 17.0 Å². The zero-order valence-corrected chi connectivity index (χ0v) is 12.2. The Morgan fingerprint density at radius 1 is 1.19 bits per heavy atom. The van der Waals surface area contributed by atoms with Crippen LogP contribution >= 0.6 is 0 Å². The van der Waals surface area contributed by atoms with E-state index in [-0.39, 0.29) is 11.7 Å². The van der Waals surface area contributed by atoms with Crippen LogP contribution in [-0.4, -0.2) is 40.1 Å². The fourth-order valence-corrected chi connectivity index (χ4v) is 2.97. The second-order valence-corrected chi connectivity index (χ2v) is 5.67. The van der Waals surface area contributed by atoms with Gasteiger partial charge in [-0.15, -0.1) is 0 Å². The van der Waals surface area contributed by atoms with Crippen LogP contribution in [0.1, 0.15) is 43.0 Å². The third-order valence-corrected chi connectivity index (χ3v) is 4.30. The Kier molecular flexibility index (Phi) is 4.50. The molecule has 2 N–H and O–H groups in total. The summed E-state index contributed by atoms with van der Waals surface area (Å²) in [6.45, 7) is 2.91. The number of amides is 1. The zero-order chi connectivity index (χ0) is 15.5. The number of nitrogens with zero attached hydrogens (tertiary/aromatic N) is 1. The van der Waals surface area contributed by atoms with Crippen LogP contribution in [0.25, 0.3) is 0 Å². The predicted octanol–water partition coefficient (Wildman–Crippen LogP) is 2.50. The molecule has 114 valence electrons. The first kappa shape index (κ1) is 15.4. The summed E-state index contributed by atoms with van der Waals surface area (Å²) in [6.07, 6.45) is 2.49. The van der Waals surface area contributed by atoms with Crippen molar-refractivity contribution < 1.29 is 19.8 Å². The highest BCUT2D eigenvalue weighted by Crippen LogP contribution is 2.36. The van der Waals surface area contributed by atoms with Crippen molar-refractivity contribution in [1.82, 2.24) is 4.90 Å². The van der Waals surface area contributed by atoms with Crippen LogP contribution in [0.15, 0.2) is 24.3 Å². The van der Waals surface area contributed by atoms with Gasteiger partial charge in [0.2, 0.25) is 0 Å². The SMILES string of the molecule is CCCC1(C(=O)O)CCN(C(=O)c2ccc(O)cc2)CC1. The summed E-state index contributed by atoms with van der Waals surface area (Å²) in [7, 11) is 0. The summed E-state index contributed by atoms with van der Waals surface area (Å²) in [6, 6.07) is 6.14. The third kappa shape index (κ3) is 3.17. The van der Waals surface area contributed by atoms with E-state index in [1.165, 1.54) is 12.1 Å². The molecule has 0 spiro atoms. The Bertz CT molecular complexity index is 516. The highest BCUT2D eigenvalue weighted by Gasteiger charge is 2.41. The molecule has 0 atom stereocenters. The van der Waals surface area contributed by atoms with E-state index in [4.69, 9.17) is 0 Å². The standard InChI is InChI=1S/C16H21NO4/c1-2-7-16(15(20)21)8-10-17(11-9-16)14(19)12-3-5-13(18)6-4-12/h3-6,18H,2,7-11H2,1H3,(H,20,21). The number of hydrogen-bond donors (Lipinski definition) is 2. The van der Waals surface area contributed by atoms with Gasteiger partial charge in [0.1, 0.15) is 5.75 Å². The van der Waals surface area contributed by atoms with Crippen LogP contribution in [0.3, 0.4) is 0 Å². The smallest absolute Gasteiger partial charge is 0.309 e. The van der Waals surface area contributed by atoms with Gasteiger partial charge in [0.15, 0.2) is 0 Å².